The van der Waals surface area contributed by atoms with Gasteiger partial charge in [-0.05, 0) is 65.3 Å². The predicted molar refractivity (Wildman–Crippen MR) is 105 cm³/mol. The van der Waals surface area contributed by atoms with Gasteiger partial charge in [0.05, 0.1) is 6.04 Å². The number of carbonyl (C=O) groups is 1. The lowest BCUT2D eigenvalue weighted by Gasteiger charge is -2.18. The number of hydrogen-bond acceptors (Lipinski definition) is 3. The second-order valence-corrected chi connectivity index (χ2v) is 8.45. The van der Waals surface area contributed by atoms with Crippen molar-refractivity contribution in [3.8, 4) is 0 Å². The van der Waals surface area contributed by atoms with Gasteiger partial charge in [0.15, 0.2) is 0 Å². The van der Waals surface area contributed by atoms with Gasteiger partial charge in [0, 0.05) is 24.2 Å². The monoisotopic (exact) mass is 354 g/mol. The van der Waals surface area contributed by atoms with Gasteiger partial charge in [-0.25, -0.2) is 4.39 Å². The van der Waals surface area contributed by atoms with E-state index in [1.807, 2.05) is 6.07 Å². The van der Waals surface area contributed by atoms with Gasteiger partial charge < -0.3 is 11.1 Å². The van der Waals surface area contributed by atoms with Gasteiger partial charge in [-0.1, -0.05) is 26.8 Å². The van der Waals surface area contributed by atoms with Crippen molar-refractivity contribution >= 4 is 17.2 Å². The number of rotatable bonds is 5. The normalized spacial score (nSPS) is 16.4. The molecule has 3 rings (SSSR count). The summed E-state index contributed by atoms with van der Waals surface area (Å²) in [6.07, 6.45) is 2.87. The number of carbonyl (C=O) groups excluding carboxylic acids is 1. The Kier molecular flexibility index (Phi) is 5.03. The highest BCUT2D eigenvalue weighted by molar-refractivity contribution is 5.83. The second kappa shape index (κ2) is 7.10. The highest BCUT2D eigenvalue weighted by atomic mass is 19.1. The summed E-state index contributed by atoms with van der Waals surface area (Å²) in [7, 11) is 0. The van der Waals surface area contributed by atoms with Crippen LogP contribution in [-0.4, -0.2) is 5.78 Å². The number of nitrogen functional groups attached to an aromatic ring is 1. The predicted octanol–water partition coefficient (Wildman–Crippen LogP) is 5.06. The zero-order chi connectivity index (χ0) is 18.9. The number of Topliss-reactive ketones (excluding diaryl/α,β-unsaturated/α-hetero) is 1. The first kappa shape index (κ1) is 18.4. The van der Waals surface area contributed by atoms with Crippen molar-refractivity contribution in [1.82, 2.24) is 0 Å². The molecule has 1 aliphatic rings. The van der Waals surface area contributed by atoms with E-state index in [0.717, 1.165) is 24.1 Å². The molecule has 0 saturated carbocycles. The molecule has 0 aliphatic heterocycles. The number of fused-ring (bicyclic) bond motifs is 1. The van der Waals surface area contributed by atoms with Gasteiger partial charge in [-0.15, -0.1) is 0 Å². The fraction of sp³-hybridized carbons (Fsp3) is 0.409. The molecule has 1 unspecified atom stereocenters. The van der Waals surface area contributed by atoms with Crippen LogP contribution >= 0.6 is 0 Å². The van der Waals surface area contributed by atoms with E-state index in [4.69, 9.17) is 5.73 Å². The van der Waals surface area contributed by atoms with Gasteiger partial charge >= 0.3 is 0 Å². The number of nitrogens with two attached hydrogens (primary N) is 1. The largest absolute Gasteiger partial charge is 0.398 e. The number of halogens is 1. The van der Waals surface area contributed by atoms with E-state index in [-0.39, 0.29) is 23.1 Å². The lowest BCUT2D eigenvalue weighted by atomic mass is 9.87. The van der Waals surface area contributed by atoms with Crippen LogP contribution in [0.3, 0.4) is 0 Å². The minimum Gasteiger partial charge on any atom is -0.398 e. The third-order valence-corrected chi connectivity index (χ3v) is 4.78. The van der Waals surface area contributed by atoms with Gasteiger partial charge in [-0.2, -0.15) is 0 Å². The Bertz CT molecular complexity index is 806. The van der Waals surface area contributed by atoms with E-state index in [1.165, 1.54) is 23.3 Å². The van der Waals surface area contributed by atoms with Gasteiger partial charge in [0.1, 0.15) is 11.6 Å². The van der Waals surface area contributed by atoms with Crippen molar-refractivity contribution in [2.45, 2.75) is 52.5 Å². The minimum atomic E-state index is -0.240. The Morgan fingerprint density at radius 2 is 1.92 bits per heavy atom. The third-order valence-electron chi connectivity index (χ3n) is 4.78. The number of benzene rings is 2. The summed E-state index contributed by atoms with van der Waals surface area (Å²) in [5.41, 5.74) is 11.2. The van der Waals surface area contributed by atoms with Crippen molar-refractivity contribution in [3.63, 3.8) is 0 Å². The van der Waals surface area contributed by atoms with Crippen molar-refractivity contribution in [2.75, 3.05) is 11.1 Å². The van der Waals surface area contributed by atoms with Crippen LogP contribution in [0.5, 0.6) is 0 Å². The second-order valence-electron chi connectivity index (χ2n) is 8.45. The molecule has 26 heavy (non-hydrogen) atoms. The van der Waals surface area contributed by atoms with Crippen LogP contribution in [0.1, 0.15) is 56.3 Å². The average Bonchev–Trinajstić information content (AvgIpc) is 2.90. The van der Waals surface area contributed by atoms with Crippen molar-refractivity contribution < 1.29 is 9.18 Å². The molecule has 3 nitrogen and oxygen atoms in total. The minimum absolute atomic E-state index is 0.00720. The lowest BCUT2D eigenvalue weighted by Crippen LogP contribution is -2.15. The fourth-order valence-corrected chi connectivity index (χ4v) is 3.64. The van der Waals surface area contributed by atoms with E-state index >= 15 is 0 Å². The van der Waals surface area contributed by atoms with Crippen molar-refractivity contribution in [2.24, 2.45) is 5.41 Å². The zero-order valence-corrected chi connectivity index (χ0v) is 15.7. The van der Waals surface area contributed by atoms with Crippen LogP contribution in [0.4, 0.5) is 15.8 Å². The Hall–Kier alpha value is -2.36. The molecule has 3 N–H and O–H groups in total. The summed E-state index contributed by atoms with van der Waals surface area (Å²) in [6, 6.07) is 10.7. The van der Waals surface area contributed by atoms with Gasteiger partial charge in [0.2, 0.25) is 0 Å². The molecule has 1 atom stereocenters. The summed E-state index contributed by atoms with van der Waals surface area (Å²) in [4.78, 5) is 12.3. The molecule has 0 amide bonds. The Balaban J connectivity index is 1.75. The summed E-state index contributed by atoms with van der Waals surface area (Å²) in [5.74, 6) is -0.0145. The van der Waals surface area contributed by atoms with Crippen LogP contribution < -0.4 is 11.1 Å². The molecule has 0 spiro atoms. The van der Waals surface area contributed by atoms with Gasteiger partial charge in [-0.3, -0.25) is 4.79 Å². The molecule has 0 bridgehead atoms. The van der Waals surface area contributed by atoms with Crippen molar-refractivity contribution in [3.05, 3.63) is 58.9 Å². The molecule has 4 heteroatoms. The van der Waals surface area contributed by atoms with E-state index in [0.29, 0.717) is 18.5 Å². The molecule has 0 aromatic heterocycles. The topological polar surface area (TPSA) is 55.1 Å². The number of hydrogen-bond donors (Lipinski definition) is 2. The highest BCUT2D eigenvalue weighted by Crippen LogP contribution is 2.37. The summed E-state index contributed by atoms with van der Waals surface area (Å²) < 4.78 is 13.1. The summed E-state index contributed by atoms with van der Waals surface area (Å²) in [5, 5.41) is 3.45. The van der Waals surface area contributed by atoms with Gasteiger partial charge in [0.25, 0.3) is 0 Å². The molecule has 2 aromatic carbocycles. The Labute approximate surface area is 154 Å². The van der Waals surface area contributed by atoms with Crippen molar-refractivity contribution in [1.29, 1.82) is 0 Å². The molecule has 0 fully saturated rings. The van der Waals surface area contributed by atoms with E-state index < -0.39 is 0 Å². The standard InChI is InChI=1S/C22H27FN2O/c1-22(2,3)13-18(26)11-15-10-14-4-9-21(19(14)12-20(15)24)25-17-7-5-16(23)6-8-17/h5-8,10,12,21,25H,4,9,11,13,24H2,1-3H3. The van der Waals surface area contributed by atoms with Crippen LogP contribution in [0, 0.1) is 11.2 Å². The number of nitrogens with one attached hydrogen (secondary N) is 1. The first-order valence-corrected chi connectivity index (χ1v) is 9.16. The van der Waals surface area contributed by atoms with Crippen LogP contribution in [0.15, 0.2) is 36.4 Å². The molecule has 138 valence electrons. The molecular weight excluding hydrogens is 327 g/mol. The fourth-order valence-electron chi connectivity index (χ4n) is 3.64. The molecule has 1 aliphatic carbocycles. The quantitative estimate of drug-likeness (QED) is 0.738. The first-order valence-electron chi connectivity index (χ1n) is 9.16. The number of aryl methyl sites for hydroxylation is 1. The SMILES string of the molecule is CC(C)(C)CC(=O)Cc1cc2c(cc1N)C(Nc1ccc(F)cc1)CC2. The summed E-state index contributed by atoms with van der Waals surface area (Å²) in [6.45, 7) is 6.22. The third kappa shape index (κ3) is 4.43. The van der Waals surface area contributed by atoms with Crippen LogP contribution in [0.25, 0.3) is 0 Å². The molecule has 2 aromatic rings. The van der Waals surface area contributed by atoms with Crippen LogP contribution in [-0.2, 0) is 17.6 Å². The summed E-state index contributed by atoms with van der Waals surface area (Å²) >= 11 is 0. The maximum absolute atomic E-state index is 13.1. The first-order chi connectivity index (χ1) is 12.2. The molecule has 0 saturated heterocycles. The Morgan fingerprint density at radius 1 is 1.23 bits per heavy atom. The number of ketones is 1. The molecule has 0 heterocycles. The Morgan fingerprint density at radius 3 is 2.58 bits per heavy atom. The van der Waals surface area contributed by atoms with E-state index in [9.17, 15) is 9.18 Å². The smallest absolute Gasteiger partial charge is 0.137 e. The average molecular weight is 354 g/mol. The maximum Gasteiger partial charge on any atom is 0.137 e. The zero-order valence-electron chi connectivity index (χ0n) is 15.7. The van der Waals surface area contributed by atoms with E-state index in [1.54, 1.807) is 12.1 Å². The molecule has 0 radical (unpaired) electrons. The molecular formula is C22H27FN2O. The van der Waals surface area contributed by atoms with E-state index in [2.05, 4.69) is 32.2 Å². The lowest BCUT2D eigenvalue weighted by molar-refractivity contribution is -0.120. The maximum atomic E-state index is 13.1. The highest BCUT2D eigenvalue weighted by Gasteiger charge is 2.25. The number of anilines is 2. The van der Waals surface area contributed by atoms with Crippen LogP contribution in [0.2, 0.25) is 0 Å².